The van der Waals surface area contributed by atoms with Crippen LogP contribution in [0, 0.1) is 11.7 Å². The molecule has 0 aliphatic heterocycles. The van der Waals surface area contributed by atoms with Crippen LogP contribution in [0.15, 0.2) is 36.0 Å². The van der Waals surface area contributed by atoms with Crippen molar-refractivity contribution in [2.24, 2.45) is 5.92 Å². The first kappa shape index (κ1) is 15.3. The maximum Gasteiger partial charge on any atom is 0.157 e. The molecule has 2 atom stereocenters. The smallest absolute Gasteiger partial charge is 0.157 e. The molecular formula is C19H24FNO. The van der Waals surface area contributed by atoms with Gasteiger partial charge in [0, 0.05) is 31.8 Å². The van der Waals surface area contributed by atoms with Crippen LogP contribution in [-0.2, 0) is 4.79 Å². The first-order chi connectivity index (χ1) is 10.6. The Morgan fingerprint density at radius 2 is 1.95 bits per heavy atom. The van der Waals surface area contributed by atoms with E-state index < -0.39 is 0 Å². The van der Waals surface area contributed by atoms with E-state index in [0.29, 0.717) is 18.3 Å². The van der Waals surface area contributed by atoms with Crippen molar-refractivity contribution in [3.05, 3.63) is 47.4 Å². The minimum atomic E-state index is -0.159. The van der Waals surface area contributed by atoms with Gasteiger partial charge in [-0.25, -0.2) is 4.39 Å². The van der Waals surface area contributed by atoms with Crippen LogP contribution in [0.4, 0.5) is 4.39 Å². The molecule has 0 saturated heterocycles. The predicted molar refractivity (Wildman–Crippen MR) is 86.1 cm³/mol. The quantitative estimate of drug-likeness (QED) is 0.827. The fraction of sp³-hybridized carbons (Fsp3) is 0.526. The van der Waals surface area contributed by atoms with E-state index in [1.165, 1.54) is 30.5 Å². The van der Waals surface area contributed by atoms with Gasteiger partial charge in [-0.05, 0) is 55.2 Å². The first-order valence-corrected chi connectivity index (χ1v) is 8.32. The van der Waals surface area contributed by atoms with Gasteiger partial charge in [-0.15, -0.1) is 0 Å². The lowest BCUT2D eigenvalue weighted by atomic mass is 9.78. The van der Waals surface area contributed by atoms with E-state index >= 15 is 0 Å². The van der Waals surface area contributed by atoms with Crippen molar-refractivity contribution < 1.29 is 9.18 Å². The summed E-state index contributed by atoms with van der Waals surface area (Å²) >= 11 is 0. The fourth-order valence-electron chi connectivity index (χ4n) is 3.88. The minimum Gasteiger partial charge on any atom is -0.377 e. The maximum atomic E-state index is 13.1. The Labute approximate surface area is 132 Å². The van der Waals surface area contributed by atoms with Gasteiger partial charge in [0.15, 0.2) is 5.78 Å². The molecule has 2 aliphatic rings. The summed E-state index contributed by atoms with van der Waals surface area (Å²) < 4.78 is 13.1. The largest absolute Gasteiger partial charge is 0.377 e. The van der Waals surface area contributed by atoms with E-state index in [0.717, 1.165) is 19.4 Å². The number of rotatable bonds is 4. The summed E-state index contributed by atoms with van der Waals surface area (Å²) in [6, 6.07) is 7.01. The summed E-state index contributed by atoms with van der Waals surface area (Å²) in [5.41, 5.74) is 2.46. The maximum absolute atomic E-state index is 13.1. The number of allylic oxidation sites excluding steroid dienone is 2. The number of halogens is 1. The van der Waals surface area contributed by atoms with Crippen molar-refractivity contribution >= 4 is 5.78 Å². The van der Waals surface area contributed by atoms with Crippen molar-refractivity contribution in [1.82, 2.24) is 4.90 Å². The van der Waals surface area contributed by atoms with Gasteiger partial charge in [-0.1, -0.05) is 18.6 Å². The van der Waals surface area contributed by atoms with Crippen LogP contribution in [0.3, 0.4) is 0 Å². The van der Waals surface area contributed by atoms with Crippen molar-refractivity contribution in [2.75, 3.05) is 13.6 Å². The Balaban J connectivity index is 1.59. The van der Waals surface area contributed by atoms with Gasteiger partial charge in [0.05, 0.1) is 0 Å². The molecule has 1 saturated carbocycles. The number of nitrogens with zero attached hydrogens (tertiary/aromatic N) is 1. The molecular weight excluding hydrogens is 277 g/mol. The highest BCUT2D eigenvalue weighted by Gasteiger charge is 2.25. The molecule has 0 N–H and O–H groups in total. The highest BCUT2D eigenvalue weighted by atomic mass is 19.1. The van der Waals surface area contributed by atoms with Gasteiger partial charge in [0.25, 0.3) is 0 Å². The molecule has 0 aromatic heterocycles. The van der Waals surface area contributed by atoms with Crippen LogP contribution in [0.1, 0.15) is 50.0 Å². The Morgan fingerprint density at radius 1 is 1.18 bits per heavy atom. The average Bonchev–Trinajstić information content (AvgIpc) is 2.95. The molecule has 3 rings (SSSR count). The second-order valence-corrected chi connectivity index (χ2v) is 6.76. The van der Waals surface area contributed by atoms with E-state index in [2.05, 4.69) is 11.9 Å². The number of carbonyl (C=O) groups excluding carboxylic acids is 1. The van der Waals surface area contributed by atoms with E-state index in [1.807, 2.05) is 12.1 Å². The molecule has 0 spiro atoms. The SMILES string of the molecule is CN(C[C@@H]1CCCC(c2ccc(F)cc2)C1)C1=CC(=O)CC1. The second kappa shape index (κ2) is 6.64. The van der Waals surface area contributed by atoms with Crippen LogP contribution in [0.5, 0.6) is 0 Å². The molecule has 2 nitrogen and oxygen atoms in total. The first-order valence-electron chi connectivity index (χ1n) is 8.32. The van der Waals surface area contributed by atoms with Crippen LogP contribution in [0.2, 0.25) is 0 Å². The van der Waals surface area contributed by atoms with E-state index in [-0.39, 0.29) is 11.6 Å². The minimum absolute atomic E-state index is 0.159. The molecule has 0 heterocycles. The van der Waals surface area contributed by atoms with Gasteiger partial charge in [-0.3, -0.25) is 4.79 Å². The third kappa shape index (κ3) is 3.57. The Bertz CT molecular complexity index is 563. The monoisotopic (exact) mass is 301 g/mol. The van der Waals surface area contributed by atoms with E-state index in [4.69, 9.17) is 0 Å². The normalized spacial score (nSPS) is 25.2. The summed E-state index contributed by atoms with van der Waals surface area (Å²) in [7, 11) is 2.10. The zero-order valence-electron chi connectivity index (χ0n) is 13.2. The van der Waals surface area contributed by atoms with Gasteiger partial charge in [-0.2, -0.15) is 0 Å². The van der Waals surface area contributed by atoms with E-state index in [9.17, 15) is 9.18 Å². The standard InChI is InChI=1S/C19H24FNO/c1-21(18-9-10-19(22)12-18)13-14-3-2-4-16(11-14)15-5-7-17(20)8-6-15/h5-8,12,14,16H,2-4,9-11,13H2,1H3/t14-,16?/m1/s1. The Kier molecular flexibility index (Phi) is 4.60. The van der Waals surface area contributed by atoms with Crippen molar-refractivity contribution in [1.29, 1.82) is 0 Å². The van der Waals surface area contributed by atoms with Crippen LogP contribution >= 0.6 is 0 Å². The number of benzene rings is 1. The zero-order valence-corrected chi connectivity index (χ0v) is 13.2. The third-order valence-electron chi connectivity index (χ3n) is 5.10. The highest BCUT2D eigenvalue weighted by molar-refractivity contribution is 5.92. The Morgan fingerprint density at radius 3 is 2.64 bits per heavy atom. The lowest BCUT2D eigenvalue weighted by Gasteiger charge is -2.33. The molecule has 1 aromatic carbocycles. The number of hydrogen-bond donors (Lipinski definition) is 0. The van der Waals surface area contributed by atoms with E-state index in [1.54, 1.807) is 18.2 Å². The number of ketones is 1. The lowest BCUT2D eigenvalue weighted by Crippen LogP contribution is -2.28. The molecule has 1 aromatic rings. The predicted octanol–water partition coefficient (Wildman–Crippen LogP) is 4.28. The summed E-state index contributed by atoms with van der Waals surface area (Å²) in [6.07, 6.45) is 8.22. The van der Waals surface area contributed by atoms with Crippen LogP contribution in [-0.4, -0.2) is 24.3 Å². The molecule has 1 fully saturated rings. The van der Waals surface area contributed by atoms with Crippen molar-refractivity contribution in [2.45, 2.75) is 44.4 Å². The topological polar surface area (TPSA) is 20.3 Å². The summed E-state index contributed by atoms with van der Waals surface area (Å²) in [4.78, 5) is 13.6. The molecule has 3 heteroatoms. The van der Waals surface area contributed by atoms with Gasteiger partial charge < -0.3 is 4.90 Å². The second-order valence-electron chi connectivity index (χ2n) is 6.76. The molecule has 118 valence electrons. The van der Waals surface area contributed by atoms with Gasteiger partial charge >= 0.3 is 0 Å². The summed E-state index contributed by atoms with van der Waals surface area (Å²) in [5.74, 6) is 1.31. The number of carbonyl (C=O) groups is 1. The van der Waals surface area contributed by atoms with Crippen LogP contribution in [0.25, 0.3) is 0 Å². The molecule has 0 amide bonds. The van der Waals surface area contributed by atoms with Crippen molar-refractivity contribution in [3.8, 4) is 0 Å². The van der Waals surface area contributed by atoms with Gasteiger partial charge in [0.2, 0.25) is 0 Å². The molecule has 0 radical (unpaired) electrons. The molecule has 0 bridgehead atoms. The van der Waals surface area contributed by atoms with Crippen molar-refractivity contribution in [3.63, 3.8) is 0 Å². The fourth-order valence-corrected chi connectivity index (χ4v) is 3.88. The third-order valence-corrected chi connectivity index (χ3v) is 5.10. The summed E-state index contributed by atoms with van der Waals surface area (Å²) in [6.45, 7) is 1.02. The van der Waals surface area contributed by atoms with Crippen LogP contribution < -0.4 is 0 Å². The molecule has 1 unspecified atom stereocenters. The molecule has 22 heavy (non-hydrogen) atoms. The lowest BCUT2D eigenvalue weighted by molar-refractivity contribution is -0.114. The summed E-state index contributed by atoms with van der Waals surface area (Å²) in [5, 5.41) is 0. The number of hydrogen-bond acceptors (Lipinski definition) is 2. The highest BCUT2D eigenvalue weighted by Crippen LogP contribution is 2.37. The zero-order chi connectivity index (χ0) is 15.5. The Hall–Kier alpha value is -1.64. The van der Waals surface area contributed by atoms with Gasteiger partial charge in [0.1, 0.15) is 5.82 Å². The molecule has 2 aliphatic carbocycles. The average molecular weight is 301 g/mol.